The van der Waals surface area contributed by atoms with Crippen molar-refractivity contribution in [2.24, 2.45) is 0 Å². The van der Waals surface area contributed by atoms with Gasteiger partial charge < -0.3 is 4.74 Å². The van der Waals surface area contributed by atoms with E-state index in [0.717, 1.165) is 16.7 Å². The first-order chi connectivity index (χ1) is 9.36. The molecule has 0 bridgehead atoms. The first-order valence-electron chi connectivity index (χ1n) is 6.02. The molecule has 0 spiro atoms. The Morgan fingerprint density at radius 1 is 1.25 bits per heavy atom. The van der Waals surface area contributed by atoms with E-state index in [1.165, 1.54) is 0 Å². The van der Waals surface area contributed by atoms with Gasteiger partial charge in [-0.15, -0.1) is 6.42 Å². The van der Waals surface area contributed by atoms with Gasteiger partial charge in [0.05, 0.1) is 5.56 Å². The Bertz CT molecular complexity index is 588. The van der Waals surface area contributed by atoms with E-state index in [-0.39, 0.29) is 6.61 Å². The van der Waals surface area contributed by atoms with Crippen molar-refractivity contribution in [1.29, 1.82) is 0 Å². The number of hydrogen-bond acceptors (Lipinski definition) is 4. The van der Waals surface area contributed by atoms with Crippen LogP contribution in [0.1, 0.15) is 27.0 Å². The highest BCUT2D eigenvalue weighted by molar-refractivity contribution is 7.65. The van der Waals surface area contributed by atoms with Crippen molar-refractivity contribution in [1.82, 2.24) is 0 Å². The second-order valence-electron chi connectivity index (χ2n) is 4.48. The number of carbonyl (C=O) groups is 2. The third-order valence-electron chi connectivity index (χ3n) is 2.71. The highest BCUT2D eigenvalue weighted by atomic mass is 31.1. The maximum Gasteiger partial charge on any atom is 0.431 e. The molecule has 4 nitrogen and oxygen atoms in total. The molecule has 0 aliphatic carbocycles. The predicted octanol–water partition coefficient (Wildman–Crippen LogP) is 2.76. The van der Waals surface area contributed by atoms with Crippen molar-refractivity contribution in [3.05, 3.63) is 34.4 Å². The summed E-state index contributed by atoms with van der Waals surface area (Å²) < 4.78 is 16.6. The van der Waals surface area contributed by atoms with E-state index >= 15 is 0 Å². The first-order valence-corrected chi connectivity index (χ1v) is 7.47. The van der Waals surface area contributed by atoms with Crippen molar-refractivity contribution in [2.45, 2.75) is 20.8 Å². The van der Waals surface area contributed by atoms with E-state index in [4.69, 9.17) is 6.42 Å². The number of rotatable bonds is 5. The van der Waals surface area contributed by atoms with E-state index in [9.17, 15) is 14.2 Å². The molecule has 0 aromatic heterocycles. The van der Waals surface area contributed by atoms with Gasteiger partial charge in [-0.3, -0.25) is 0 Å². The van der Waals surface area contributed by atoms with Crippen LogP contribution in [0.4, 0.5) is 0 Å². The van der Waals surface area contributed by atoms with Gasteiger partial charge >= 0.3 is 19.3 Å². The summed E-state index contributed by atoms with van der Waals surface area (Å²) in [5, 5.41) is 0. The van der Waals surface area contributed by atoms with Gasteiger partial charge in [-0.1, -0.05) is 28.2 Å². The summed E-state index contributed by atoms with van der Waals surface area (Å²) in [7, 11) is -2.35. The third kappa shape index (κ3) is 4.01. The quantitative estimate of drug-likeness (QED) is 0.475. The summed E-state index contributed by atoms with van der Waals surface area (Å²) >= 11 is 0. The molecule has 1 aromatic carbocycles. The number of esters is 1. The topological polar surface area (TPSA) is 60.4 Å². The Morgan fingerprint density at radius 2 is 1.80 bits per heavy atom. The molecule has 20 heavy (non-hydrogen) atoms. The van der Waals surface area contributed by atoms with Crippen molar-refractivity contribution in [2.75, 3.05) is 12.8 Å². The number of ether oxygens (including phenoxy) is 1. The third-order valence-corrected chi connectivity index (χ3v) is 3.93. The van der Waals surface area contributed by atoms with E-state index in [1.54, 1.807) is 13.8 Å². The molecule has 104 valence electrons. The molecule has 0 radical (unpaired) electrons. The number of hydrogen-bond donors (Lipinski definition) is 0. The number of terminal acetylenes is 1. The number of aryl methyl sites for hydroxylation is 3. The van der Waals surface area contributed by atoms with Crippen LogP contribution in [0.3, 0.4) is 0 Å². The molecule has 0 saturated heterocycles. The molecular formula is C15H16O4P+. The average molecular weight is 291 g/mol. The molecule has 0 saturated carbocycles. The van der Waals surface area contributed by atoms with E-state index < -0.39 is 25.5 Å². The molecule has 0 amide bonds. The molecule has 0 fully saturated rings. The van der Waals surface area contributed by atoms with Crippen molar-refractivity contribution >= 4 is 19.3 Å². The second kappa shape index (κ2) is 6.98. The average Bonchev–Trinajstić information content (AvgIpc) is 2.34. The SMILES string of the molecule is C#CCOC(=O)C[P+](=O)C(=O)c1c(C)cc(C)cc1C. The Morgan fingerprint density at radius 3 is 2.30 bits per heavy atom. The second-order valence-corrected chi connectivity index (χ2v) is 5.96. The van der Waals surface area contributed by atoms with Gasteiger partial charge in [-0.25, -0.2) is 9.59 Å². The number of benzene rings is 1. The molecule has 0 N–H and O–H groups in total. The Balaban J connectivity index is 2.88. The minimum Gasteiger partial charge on any atom is -0.449 e. The molecule has 5 heteroatoms. The van der Waals surface area contributed by atoms with E-state index in [2.05, 4.69) is 10.7 Å². The van der Waals surface area contributed by atoms with Crippen LogP contribution in [0.15, 0.2) is 12.1 Å². The van der Waals surface area contributed by atoms with Gasteiger partial charge in [0.15, 0.2) is 6.61 Å². The van der Waals surface area contributed by atoms with Crippen LogP contribution in [0.5, 0.6) is 0 Å². The summed E-state index contributed by atoms with van der Waals surface area (Å²) in [4.78, 5) is 23.5. The Labute approximate surface area is 119 Å². The fraction of sp³-hybridized carbons (Fsp3) is 0.333. The van der Waals surface area contributed by atoms with Gasteiger partial charge in [0.2, 0.25) is 0 Å². The minimum atomic E-state index is -2.35. The van der Waals surface area contributed by atoms with E-state index in [1.807, 2.05) is 19.1 Å². The van der Waals surface area contributed by atoms with Crippen LogP contribution in [0.2, 0.25) is 0 Å². The maximum atomic E-state index is 12.2. The van der Waals surface area contributed by atoms with Crippen LogP contribution < -0.4 is 0 Å². The standard InChI is InChI=1S/C15H16O4P/c1-5-6-19-13(16)9-20(18)15(17)14-11(3)7-10(2)8-12(14)4/h1,7-8H,6,9H2,2-4H3/q+1. The molecule has 1 unspecified atom stereocenters. The Kier molecular flexibility index (Phi) is 5.61. The molecule has 0 aliphatic heterocycles. The summed E-state index contributed by atoms with van der Waals surface area (Å²) in [5.41, 5.74) is 2.44. The first kappa shape index (κ1) is 16.1. The molecule has 0 aliphatic rings. The lowest BCUT2D eigenvalue weighted by Crippen LogP contribution is -2.11. The van der Waals surface area contributed by atoms with Gasteiger partial charge in [-0.05, 0) is 31.9 Å². The van der Waals surface area contributed by atoms with E-state index in [0.29, 0.717) is 5.56 Å². The maximum absolute atomic E-state index is 12.2. The fourth-order valence-corrected chi connectivity index (χ4v) is 3.07. The van der Waals surface area contributed by atoms with Crippen LogP contribution in [0, 0.1) is 33.1 Å². The fourth-order valence-electron chi connectivity index (χ4n) is 2.00. The summed E-state index contributed by atoms with van der Waals surface area (Å²) in [6.07, 6.45) is 4.50. The monoisotopic (exact) mass is 291 g/mol. The molecule has 1 aromatic rings. The largest absolute Gasteiger partial charge is 0.449 e. The lowest BCUT2D eigenvalue weighted by Gasteiger charge is -2.05. The smallest absolute Gasteiger partial charge is 0.431 e. The van der Waals surface area contributed by atoms with Gasteiger partial charge in [0.1, 0.15) is 0 Å². The summed E-state index contributed by atoms with van der Waals surface area (Å²) in [6, 6.07) is 3.69. The Hall–Kier alpha value is -1.98. The lowest BCUT2D eigenvalue weighted by molar-refractivity contribution is -0.139. The van der Waals surface area contributed by atoms with Gasteiger partial charge in [-0.2, -0.15) is 0 Å². The minimum absolute atomic E-state index is 0.182. The predicted molar refractivity (Wildman–Crippen MR) is 77.2 cm³/mol. The highest BCUT2D eigenvalue weighted by Crippen LogP contribution is 2.30. The zero-order valence-electron chi connectivity index (χ0n) is 11.7. The zero-order chi connectivity index (χ0) is 15.3. The van der Waals surface area contributed by atoms with Crippen molar-refractivity contribution < 1.29 is 18.9 Å². The van der Waals surface area contributed by atoms with Gasteiger partial charge in [0, 0.05) is 0 Å². The van der Waals surface area contributed by atoms with Crippen molar-refractivity contribution in [3.8, 4) is 12.3 Å². The highest BCUT2D eigenvalue weighted by Gasteiger charge is 2.35. The molecule has 1 rings (SSSR count). The zero-order valence-corrected chi connectivity index (χ0v) is 12.6. The molecule has 0 heterocycles. The molecule has 1 atom stereocenters. The van der Waals surface area contributed by atoms with Crippen molar-refractivity contribution in [3.63, 3.8) is 0 Å². The lowest BCUT2D eigenvalue weighted by atomic mass is 10.0. The van der Waals surface area contributed by atoms with Crippen LogP contribution in [-0.4, -0.2) is 24.3 Å². The summed E-state index contributed by atoms with van der Waals surface area (Å²) in [6.45, 7) is 5.31. The summed E-state index contributed by atoms with van der Waals surface area (Å²) in [5.74, 6) is 1.41. The van der Waals surface area contributed by atoms with Crippen LogP contribution in [0.25, 0.3) is 0 Å². The van der Waals surface area contributed by atoms with Crippen LogP contribution >= 0.6 is 7.80 Å². The normalized spacial score (nSPS) is 10.6. The van der Waals surface area contributed by atoms with Gasteiger partial charge in [0.25, 0.3) is 6.16 Å². The molecular weight excluding hydrogens is 275 g/mol. The number of carbonyl (C=O) groups excluding carboxylic acids is 2. The van der Waals surface area contributed by atoms with Crippen LogP contribution in [-0.2, 0) is 14.1 Å².